The van der Waals surface area contributed by atoms with Gasteiger partial charge in [0.25, 0.3) is 0 Å². The van der Waals surface area contributed by atoms with Crippen LogP contribution in [0.2, 0.25) is 0 Å². The van der Waals surface area contributed by atoms with Gasteiger partial charge < -0.3 is 16.4 Å². The van der Waals surface area contributed by atoms with Crippen molar-refractivity contribution < 1.29 is 37.5 Å². The molecule has 0 aromatic carbocycles. The van der Waals surface area contributed by atoms with Crippen LogP contribution in [-0.2, 0) is 37.5 Å². The zero-order chi connectivity index (χ0) is 0. The van der Waals surface area contributed by atoms with Crippen molar-refractivity contribution in [3.8, 4) is 0 Å². The molecule has 0 aliphatic rings. The molecule has 2 radical (unpaired) electrons. The summed E-state index contributed by atoms with van der Waals surface area (Å²) in [6.07, 6.45) is 0. The second-order valence-corrected chi connectivity index (χ2v) is 0. The molecule has 3 nitrogen and oxygen atoms in total. The summed E-state index contributed by atoms with van der Waals surface area (Å²) < 4.78 is 0. The van der Waals surface area contributed by atoms with Gasteiger partial charge in [-0.2, -0.15) is 0 Å². The smallest absolute Gasteiger partial charge is 0 e. The van der Waals surface area contributed by atoms with Gasteiger partial charge in [0.05, 0.1) is 0 Å². The van der Waals surface area contributed by atoms with Crippen LogP contribution < -0.4 is 0 Å². The third-order valence-electron chi connectivity index (χ3n) is 0. The van der Waals surface area contributed by atoms with Gasteiger partial charge in [0.15, 0.2) is 0 Å². The van der Waals surface area contributed by atoms with Gasteiger partial charge in [-0.25, -0.2) is 0 Å². The average Bonchev–Trinajstić information content (AvgIpc) is 0. The Bertz CT molecular complexity index is 6.85. The quantitative estimate of drug-likeness (QED) is 0.520. The predicted molar refractivity (Wildman–Crippen MR) is 7.81 cm³/mol. The first-order valence-corrected chi connectivity index (χ1v) is 0. The Morgan fingerprint density at radius 1 is 0.600 bits per heavy atom. The van der Waals surface area contributed by atoms with E-state index in [9.17, 15) is 0 Å². The molecule has 0 saturated carbocycles. The van der Waals surface area contributed by atoms with Crippen molar-refractivity contribution >= 4 is 23.7 Å². The Hall–Kier alpha value is 1.36. The van der Waals surface area contributed by atoms with Crippen LogP contribution in [0.5, 0.6) is 0 Å². The van der Waals surface area contributed by atoms with Gasteiger partial charge in [0, 0.05) is 44.7 Å². The van der Waals surface area contributed by atoms with E-state index in [1.165, 1.54) is 0 Å². The van der Waals surface area contributed by atoms with Gasteiger partial charge in [0.2, 0.25) is 0 Å². The van der Waals surface area contributed by atoms with Crippen LogP contribution in [0, 0.1) is 0 Å². The van der Waals surface area contributed by atoms with Gasteiger partial charge in [-0.15, -0.1) is 0 Å². The first kappa shape index (κ1) is 99.0. The Labute approximate surface area is 61.0 Å². The predicted octanol–water partition coefficient (Wildman–Crippen LogP) is -0.740. The van der Waals surface area contributed by atoms with Crippen molar-refractivity contribution in [2.75, 3.05) is 0 Å². The molecule has 0 rings (SSSR count). The summed E-state index contributed by atoms with van der Waals surface area (Å²) in [6.45, 7) is 0. The zero-order valence-corrected chi connectivity index (χ0v) is 6.38. The minimum absolute atomic E-state index is 0. The fourth-order valence-electron chi connectivity index (χ4n) is 0. The van der Waals surface area contributed by atoms with E-state index < -0.39 is 0 Å². The van der Waals surface area contributed by atoms with Crippen molar-refractivity contribution in [2.45, 2.75) is 0 Å². The molecule has 5 heavy (non-hydrogen) atoms. The normalized spacial score (nSPS) is 0. The molecule has 36 valence electrons. The van der Waals surface area contributed by atoms with E-state index in [-0.39, 0.29) is 61.2 Å². The summed E-state index contributed by atoms with van der Waals surface area (Å²) >= 11 is 0. The average molecular weight is 272 g/mol. The minimum atomic E-state index is 0. The van der Waals surface area contributed by atoms with Crippen molar-refractivity contribution in [3.63, 3.8) is 0 Å². The summed E-state index contributed by atoms with van der Waals surface area (Å²) in [5.41, 5.74) is 0. The van der Waals surface area contributed by atoms with Crippen LogP contribution in [-0.4, -0.2) is 23.7 Å². The van der Waals surface area contributed by atoms with Crippen molar-refractivity contribution in [2.24, 2.45) is 0 Å². The Morgan fingerprint density at radius 3 is 0.600 bits per heavy atom. The van der Waals surface area contributed by atoms with Crippen molar-refractivity contribution in [1.82, 2.24) is 0 Å². The molecule has 0 aliphatic heterocycles. The summed E-state index contributed by atoms with van der Waals surface area (Å²) in [7, 11) is 0. The third kappa shape index (κ3) is 32.8. The molecule has 0 saturated heterocycles. The first-order valence-electron chi connectivity index (χ1n) is 0. The minimum Gasteiger partial charge on any atom is -2.00 e. The number of hydrogen-bond acceptors (Lipinski definition) is 0. The SMILES string of the molecule is [Mo].[O-2].[O-2].[O-2].[Te]. The van der Waals surface area contributed by atoms with E-state index in [1.807, 2.05) is 0 Å². The van der Waals surface area contributed by atoms with Crippen LogP contribution in [0.25, 0.3) is 0 Å². The molecule has 0 atom stereocenters. The van der Waals surface area contributed by atoms with Crippen LogP contribution in [0.15, 0.2) is 0 Å². The second-order valence-electron chi connectivity index (χ2n) is 0. The standard InChI is InChI=1S/Mo.3O.Te/q;3*-2;. The molecule has 0 aromatic heterocycles. The first-order chi connectivity index (χ1) is 0. The van der Waals surface area contributed by atoms with Crippen LogP contribution in [0.3, 0.4) is 0 Å². The number of rotatable bonds is 0. The molecule has 0 N–H and O–H groups in total. The van der Waals surface area contributed by atoms with E-state index >= 15 is 0 Å². The molecule has 0 aliphatic carbocycles. The van der Waals surface area contributed by atoms with E-state index in [0.29, 0.717) is 0 Å². The molecule has 0 bridgehead atoms. The summed E-state index contributed by atoms with van der Waals surface area (Å²) in [4.78, 5) is 0. The van der Waals surface area contributed by atoms with Crippen LogP contribution >= 0.6 is 0 Å². The van der Waals surface area contributed by atoms with E-state index in [2.05, 4.69) is 0 Å². The van der Waals surface area contributed by atoms with E-state index in [1.54, 1.807) is 0 Å². The van der Waals surface area contributed by atoms with Gasteiger partial charge in [-0.1, -0.05) is 0 Å². The molecule has 0 heterocycles. The zero-order valence-electron chi connectivity index (χ0n) is 2.04. The summed E-state index contributed by atoms with van der Waals surface area (Å²) in [6, 6.07) is 0. The van der Waals surface area contributed by atoms with E-state index in [0.717, 1.165) is 0 Å². The molecule has 0 spiro atoms. The Morgan fingerprint density at radius 2 is 0.600 bits per heavy atom. The van der Waals surface area contributed by atoms with Crippen molar-refractivity contribution in [1.29, 1.82) is 0 Å². The molecule has 0 unspecified atom stereocenters. The number of hydrogen-bond donors (Lipinski definition) is 0. The van der Waals surface area contributed by atoms with Gasteiger partial charge in [0.1, 0.15) is 0 Å². The van der Waals surface area contributed by atoms with Crippen LogP contribution in [0.4, 0.5) is 0 Å². The maximum Gasteiger partial charge on any atom is 0 e. The Balaban J connectivity index is 0. The molecule has 0 aromatic rings. The molecular formula is MoO3Te-6. The topological polar surface area (TPSA) is 85.5 Å². The molecule has 0 amide bonds. The van der Waals surface area contributed by atoms with Gasteiger partial charge >= 0.3 is 0 Å². The summed E-state index contributed by atoms with van der Waals surface area (Å²) in [5.74, 6) is 0. The summed E-state index contributed by atoms with van der Waals surface area (Å²) in [5, 5.41) is 0. The van der Waals surface area contributed by atoms with Gasteiger partial charge in [-0.3, -0.25) is 0 Å². The van der Waals surface area contributed by atoms with E-state index in [4.69, 9.17) is 0 Å². The third-order valence-corrected chi connectivity index (χ3v) is 0. The second kappa shape index (κ2) is 55.2. The fourth-order valence-corrected chi connectivity index (χ4v) is 0. The fraction of sp³-hybridized carbons (Fsp3) is 0. The molecule has 0 fully saturated rings. The Kier molecular flexibility index (Phi) is 1090. The molecule has 5 heteroatoms. The maximum atomic E-state index is 0. The van der Waals surface area contributed by atoms with Crippen molar-refractivity contribution in [3.05, 3.63) is 0 Å². The monoisotopic (exact) mass is 276 g/mol. The van der Waals surface area contributed by atoms with Crippen LogP contribution in [0.1, 0.15) is 0 Å². The van der Waals surface area contributed by atoms with Gasteiger partial charge in [-0.05, 0) is 0 Å². The maximum absolute atomic E-state index is 0. The molecular weight excluding hydrogens is 272 g/mol. The largest absolute Gasteiger partial charge is 2.00 e.